The number of nitrogens with zero attached hydrogens (tertiary/aromatic N) is 3. The zero-order valence-corrected chi connectivity index (χ0v) is 31.7. The van der Waals surface area contributed by atoms with Crippen molar-refractivity contribution in [2.24, 2.45) is 0 Å². The number of rotatable bonds is 6. The Morgan fingerprint density at radius 2 is 0.930 bits per heavy atom. The molecule has 9 aromatic carbocycles. The van der Waals surface area contributed by atoms with Gasteiger partial charge in [-0.25, -0.2) is 0 Å². The van der Waals surface area contributed by atoms with E-state index < -0.39 is 0 Å². The second kappa shape index (κ2) is 13.8. The van der Waals surface area contributed by atoms with Crippen LogP contribution in [0.4, 0.5) is 51.2 Å². The zero-order chi connectivity index (χ0) is 37.7. The predicted octanol–water partition coefficient (Wildman–Crippen LogP) is 15.5. The minimum atomic E-state index is 0.828. The highest BCUT2D eigenvalue weighted by Gasteiger charge is 2.27. The molecule has 270 valence electrons. The lowest BCUT2D eigenvalue weighted by Gasteiger charge is -2.33. The first kappa shape index (κ1) is 33.2. The molecular weight excluding hydrogens is 715 g/mol. The van der Waals surface area contributed by atoms with Crippen LogP contribution >= 0.6 is 11.8 Å². The van der Waals surface area contributed by atoms with Crippen LogP contribution in [-0.2, 0) is 0 Å². The minimum absolute atomic E-state index is 0.828. The van der Waals surface area contributed by atoms with Crippen molar-refractivity contribution in [1.29, 1.82) is 0 Å². The normalized spacial score (nSPS) is 12.6. The number of ether oxygens (including phenoxy) is 1. The van der Waals surface area contributed by atoms with E-state index in [1.54, 1.807) is 0 Å². The van der Waals surface area contributed by atoms with E-state index in [9.17, 15) is 0 Å². The largest absolute Gasteiger partial charge is 0.453 e. The molecular formula is C52H35N3OS. The van der Waals surface area contributed by atoms with Gasteiger partial charge in [0.2, 0.25) is 0 Å². The molecule has 0 aliphatic carbocycles. The predicted molar refractivity (Wildman–Crippen MR) is 238 cm³/mol. The number of para-hydroxylation sites is 5. The summed E-state index contributed by atoms with van der Waals surface area (Å²) in [7, 11) is 0. The molecule has 11 rings (SSSR count). The quantitative estimate of drug-likeness (QED) is 0.168. The number of hydrogen-bond acceptors (Lipinski definition) is 5. The summed E-state index contributed by atoms with van der Waals surface area (Å²) in [6, 6.07) is 75.6. The first-order chi connectivity index (χ1) is 28.3. The van der Waals surface area contributed by atoms with E-state index in [2.05, 4.69) is 209 Å². The standard InChI is InChI=1S/C52H35N3OS/c1-2-15-39(16-3-1)54-45-18-6-9-22-49(45)56-50-35-38(27-34-46(50)54)36-25-28-40(29-26-36)53(44-21-12-14-37-13-4-5-17-43(37)44)41-30-32-42(33-31-41)55-47-19-7-10-23-51(47)57-52-24-11-8-20-48(52)55/h1-35H. The fourth-order valence-corrected chi connectivity index (χ4v) is 9.22. The Bertz CT molecular complexity index is 2880. The fourth-order valence-electron chi connectivity index (χ4n) is 8.16. The fraction of sp³-hybridized carbons (Fsp3) is 0. The lowest BCUT2D eigenvalue weighted by atomic mass is 10.0. The van der Waals surface area contributed by atoms with Crippen LogP contribution in [0.1, 0.15) is 0 Å². The van der Waals surface area contributed by atoms with E-state index in [-0.39, 0.29) is 0 Å². The molecule has 0 saturated heterocycles. The summed E-state index contributed by atoms with van der Waals surface area (Å²) in [6.45, 7) is 0. The molecule has 0 N–H and O–H groups in total. The van der Waals surface area contributed by atoms with E-state index >= 15 is 0 Å². The van der Waals surface area contributed by atoms with E-state index in [1.165, 1.54) is 31.9 Å². The third-order valence-electron chi connectivity index (χ3n) is 10.8. The van der Waals surface area contributed by atoms with Crippen LogP contribution in [0.25, 0.3) is 21.9 Å². The van der Waals surface area contributed by atoms with Crippen LogP contribution in [0.5, 0.6) is 11.5 Å². The highest BCUT2D eigenvalue weighted by molar-refractivity contribution is 7.99. The van der Waals surface area contributed by atoms with E-state index in [4.69, 9.17) is 4.74 Å². The van der Waals surface area contributed by atoms with Crippen molar-refractivity contribution < 1.29 is 4.74 Å². The molecule has 0 bridgehead atoms. The maximum absolute atomic E-state index is 6.55. The first-order valence-corrected chi connectivity index (χ1v) is 20.0. The number of hydrogen-bond donors (Lipinski definition) is 0. The maximum atomic E-state index is 6.55. The summed E-state index contributed by atoms with van der Waals surface area (Å²) in [6.07, 6.45) is 0. The van der Waals surface area contributed by atoms with Gasteiger partial charge in [-0.2, -0.15) is 0 Å². The van der Waals surface area contributed by atoms with E-state index in [0.29, 0.717) is 0 Å². The van der Waals surface area contributed by atoms with Crippen LogP contribution in [0.2, 0.25) is 0 Å². The van der Waals surface area contributed by atoms with Gasteiger partial charge in [-0.3, -0.25) is 0 Å². The van der Waals surface area contributed by atoms with Gasteiger partial charge in [0.25, 0.3) is 0 Å². The number of anilines is 9. The lowest BCUT2D eigenvalue weighted by molar-refractivity contribution is 0.477. The molecule has 5 heteroatoms. The molecule has 0 spiro atoms. The van der Waals surface area contributed by atoms with Gasteiger partial charge >= 0.3 is 0 Å². The summed E-state index contributed by atoms with van der Waals surface area (Å²) >= 11 is 1.83. The first-order valence-electron chi connectivity index (χ1n) is 19.2. The van der Waals surface area contributed by atoms with Crippen molar-refractivity contribution in [2.45, 2.75) is 9.79 Å². The molecule has 4 nitrogen and oxygen atoms in total. The van der Waals surface area contributed by atoms with Gasteiger partial charge < -0.3 is 19.4 Å². The summed E-state index contributed by atoms with van der Waals surface area (Å²) in [4.78, 5) is 9.52. The highest BCUT2D eigenvalue weighted by Crippen LogP contribution is 2.53. The smallest absolute Gasteiger partial charge is 0.152 e. The van der Waals surface area contributed by atoms with Gasteiger partial charge in [-0.1, -0.05) is 121 Å². The lowest BCUT2D eigenvalue weighted by Crippen LogP contribution is -2.15. The van der Waals surface area contributed by atoms with Gasteiger partial charge in [0.15, 0.2) is 11.5 Å². The molecule has 57 heavy (non-hydrogen) atoms. The summed E-state index contributed by atoms with van der Waals surface area (Å²) in [5, 5.41) is 2.40. The molecule has 0 unspecified atom stereocenters. The summed E-state index contributed by atoms with van der Waals surface area (Å²) in [5.74, 6) is 1.67. The number of benzene rings is 9. The average Bonchev–Trinajstić information content (AvgIpc) is 3.28. The van der Waals surface area contributed by atoms with Gasteiger partial charge in [0, 0.05) is 37.9 Å². The van der Waals surface area contributed by atoms with Crippen LogP contribution < -0.4 is 19.4 Å². The van der Waals surface area contributed by atoms with Crippen LogP contribution in [0.15, 0.2) is 222 Å². The zero-order valence-electron chi connectivity index (χ0n) is 30.9. The molecule has 2 heterocycles. The second-order valence-corrected chi connectivity index (χ2v) is 15.3. The molecule has 2 aliphatic heterocycles. The third kappa shape index (κ3) is 5.79. The Morgan fingerprint density at radius 1 is 0.386 bits per heavy atom. The average molecular weight is 750 g/mol. The van der Waals surface area contributed by atoms with Gasteiger partial charge in [-0.15, -0.1) is 0 Å². The van der Waals surface area contributed by atoms with Crippen molar-refractivity contribution in [1.82, 2.24) is 0 Å². The highest BCUT2D eigenvalue weighted by atomic mass is 32.2. The van der Waals surface area contributed by atoms with Crippen molar-refractivity contribution >= 4 is 73.7 Å². The Balaban J connectivity index is 0.977. The molecule has 9 aromatic rings. The number of fused-ring (bicyclic) bond motifs is 5. The Kier molecular flexibility index (Phi) is 8.04. The summed E-state index contributed by atoms with van der Waals surface area (Å²) in [5.41, 5.74) is 12.1. The van der Waals surface area contributed by atoms with Gasteiger partial charge in [0.05, 0.1) is 28.4 Å². The molecule has 0 amide bonds. The topological polar surface area (TPSA) is 19.0 Å². The van der Waals surface area contributed by atoms with Gasteiger partial charge in [0.1, 0.15) is 0 Å². The molecule has 0 aromatic heterocycles. The Labute approximate surface area is 336 Å². The maximum Gasteiger partial charge on any atom is 0.152 e. The van der Waals surface area contributed by atoms with E-state index in [0.717, 1.165) is 62.4 Å². The molecule has 0 fully saturated rings. The van der Waals surface area contributed by atoms with Crippen LogP contribution in [-0.4, -0.2) is 0 Å². The van der Waals surface area contributed by atoms with Crippen molar-refractivity contribution in [3.63, 3.8) is 0 Å². The van der Waals surface area contributed by atoms with E-state index in [1.807, 2.05) is 30.0 Å². The van der Waals surface area contributed by atoms with Crippen molar-refractivity contribution in [2.75, 3.05) is 14.7 Å². The Morgan fingerprint density at radius 3 is 1.68 bits per heavy atom. The molecule has 0 atom stereocenters. The van der Waals surface area contributed by atoms with Crippen LogP contribution in [0, 0.1) is 0 Å². The SMILES string of the molecule is c1ccc(N2c3ccccc3Oc3cc(-c4ccc(N(c5ccc(N6c7ccccc7Sc7ccccc76)cc5)c5cccc6ccccc56)cc4)ccc32)cc1. The summed E-state index contributed by atoms with van der Waals surface area (Å²) < 4.78 is 6.55. The van der Waals surface area contributed by atoms with Crippen molar-refractivity contribution in [3.8, 4) is 22.6 Å². The van der Waals surface area contributed by atoms with Gasteiger partial charge in [-0.05, 0) is 120 Å². The molecule has 2 aliphatic rings. The monoisotopic (exact) mass is 749 g/mol. The molecule has 0 saturated carbocycles. The third-order valence-corrected chi connectivity index (χ3v) is 11.9. The van der Waals surface area contributed by atoms with Crippen LogP contribution in [0.3, 0.4) is 0 Å². The minimum Gasteiger partial charge on any atom is -0.453 e. The second-order valence-electron chi connectivity index (χ2n) is 14.2. The Hall–Kier alpha value is -7.21. The van der Waals surface area contributed by atoms with Crippen molar-refractivity contribution in [3.05, 3.63) is 212 Å². The molecule has 0 radical (unpaired) electrons.